The van der Waals surface area contributed by atoms with Crippen LogP contribution in [0.4, 0.5) is 0 Å². The van der Waals surface area contributed by atoms with Gasteiger partial charge in [0.05, 0.1) is 0 Å². The van der Waals surface area contributed by atoms with Gasteiger partial charge in [-0.25, -0.2) is 0 Å². The van der Waals surface area contributed by atoms with Crippen molar-refractivity contribution in [3.63, 3.8) is 0 Å². The van der Waals surface area contributed by atoms with Crippen LogP contribution in [0, 0.1) is 17.8 Å². The van der Waals surface area contributed by atoms with Gasteiger partial charge in [0.25, 0.3) is 0 Å². The Balaban J connectivity index is 2.01. The van der Waals surface area contributed by atoms with Gasteiger partial charge in [0.15, 0.2) is 0 Å². The number of carbonyl (C=O) groups excluding carboxylic acids is 1. The number of hydrogen-bond acceptors (Lipinski definition) is 1. The van der Waals surface area contributed by atoms with Crippen molar-refractivity contribution in [1.29, 1.82) is 0 Å². The average Bonchev–Trinajstić information content (AvgIpc) is 2.33. The number of hydrogen-bond donors (Lipinski definition) is 0. The van der Waals surface area contributed by atoms with E-state index in [1.165, 1.54) is 5.56 Å². The molecule has 0 heterocycles. The van der Waals surface area contributed by atoms with Crippen LogP contribution in [-0.2, 0) is 11.2 Å². The van der Waals surface area contributed by atoms with Gasteiger partial charge in [0.1, 0.15) is 5.78 Å². The highest BCUT2D eigenvalue weighted by molar-refractivity contribution is 5.82. The summed E-state index contributed by atoms with van der Waals surface area (Å²) in [7, 11) is 0. The topological polar surface area (TPSA) is 17.1 Å². The van der Waals surface area contributed by atoms with E-state index in [4.69, 9.17) is 0 Å². The molecule has 2 rings (SSSR count). The van der Waals surface area contributed by atoms with E-state index in [1.54, 1.807) is 0 Å². The quantitative estimate of drug-likeness (QED) is 0.770. The van der Waals surface area contributed by atoms with Crippen LogP contribution in [-0.4, -0.2) is 5.78 Å². The maximum absolute atomic E-state index is 12.0. The van der Waals surface area contributed by atoms with Gasteiger partial charge in [0, 0.05) is 12.3 Å². The van der Waals surface area contributed by atoms with Crippen molar-refractivity contribution in [1.82, 2.24) is 0 Å². The highest BCUT2D eigenvalue weighted by Crippen LogP contribution is 2.33. The third kappa shape index (κ3) is 3.18. The van der Waals surface area contributed by atoms with Crippen molar-refractivity contribution < 1.29 is 4.79 Å². The monoisotopic (exact) mass is 230 g/mol. The molecule has 0 saturated heterocycles. The lowest BCUT2D eigenvalue weighted by Gasteiger charge is -2.30. The molecule has 17 heavy (non-hydrogen) atoms. The molecule has 92 valence electrons. The van der Waals surface area contributed by atoms with Crippen LogP contribution in [0.3, 0.4) is 0 Å². The van der Waals surface area contributed by atoms with Crippen LogP contribution < -0.4 is 0 Å². The van der Waals surface area contributed by atoms with E-state index in [2.05, 4.69) is 38.1 Å². The molecular formula is C16H22O. The molecule has 1 heteroatoms. The molecule has 1 aliphatic rings. The minimum absolute atomic E-state index is 0.263. The second kappa shape index (κ2) is 5.48. The van der Waals surface area contributed by atoms with E-state index in [1.807, 2.05) is 6.07 Å². The summed E-state index contributed by atoms with van der Waals surface area (Å²) in [5, 5.41) is 0. The fraction of sp³-hybridized carbons (Fsp3) is 0.562. The van der Waals surface area contributed by atoms with Crippen molar-refractivity contribution in [2.75, 3.05) is 0 Å². The van der Waals surface area contributed by atoms with Crippen molar-refractivity contribution in [2.24, 2.45) is 17.8 Å². The zero-order chi connectivity index (χ0) is 12.3. The maximum Gasteiger partial charge on any atom is 0.136 e. The van der Waals surface area contributed by atoms with Crippen LogP contribution in [0.5, 0.6) is 0 Å². The van der Waals surface area contributed by atoms with Gasteiger partial charge in [-0.15, -0.1) is 0 Å². The molecule has 1 aliphatic carbocycles. The van der Waals surface area contributed by atoms with E-state index < -0.39 is 0 Å². The first-order chi connectivity index (χ1) is 8.16. The third-order valence-electron chi connectivity index (χ3n) is 4.07. The minimum Gasteiger partial charge on any atom is -0.299 e. The Morgan fingerprint density at radius 2 is 1.94 bits per heavy atom. The molecule has 0 spiro atoms. The molecule has 1 nitrogen and oxygen atoms in total. The van der Waals surface area contributed by atoms with Crippen molar-refractivity contribution >= 4 is 5.78 Å². The maximum atomic E-state index is 12.0. The lowest BCUT2D eigenvalue weighted by molar-refractivity contribution is -0.125. The normalized spacial score (nSPS) is 25.2. The summed E-state index contributed by atoms with van der Waals surface area (Å²) < 4.78 is 0. The van der Waals surface area contributed by atoms with Gasteiger partial charge >= 0.3 is 0 Å². The molecule has 2 unspecified atom stereocenters. The predicted molar refractivity (Wildman–Crippen MR) is 70.8 cm³/mol. The summed E-state index contributed by atoms with van der Waals surface area (Å²) in [6, 6.07) is 10.4. The Morgan fingerprint density at radius 3 is 2.59 bits per heavy atom. The molecule has 0 radical (unpaired) electrons. The van der Waals surface area contributed by atoms with Crippen LogP contribution in [0.1, 0.15) is 38.7 Å². The molecule has 0 N–H and O–H groups in total. The van der Waals surface area contributed by atoms with Crippen LogP contribution in [0.2, 0.25) is 0 Å². The molecule has 1 saturated carbocycles. The van der Waals surface area contributed by atoms with E-state index >= 15 is 0 Å². The summed E-state index contributed by atoms with van der Waals surface area (Å²) in [6.45, 7) is 4.56. The molecule has 0 amide bonds. The Labute approximate surface area is 104 Å². The highest BCUT2D eigenvalue weighted by atomic mass is 16.1. The van der Waals surface area contributed by atoms with E-state index in [0.717, 1.165) is 31.6 Å². The Kier molecular flexibility index (Phi) is 3.98. The van der Waals surface area contributed by atoms with Crippen LogP contribution in [0.15, 0.2) is 30.3 Å². The lowest BCUT2D eigenvalue weighted by atomic mass is 9.73. The van der Waals surface area contributed by atoms with Gasteiger partial charge < -0.3 is 0 Å². The number of carbonyl (C=O) groups is 1. The zero-order valence-corrected chi connectivity index (χ0v) is 10.9. The number of ketones is 1. The smallest absolute Gasteiger partial charge is 0.136 e. The molecule has 0 bridgehead atoms. The Hall–Kier alpha value is -1.11. The van der Waals surface area contributed by atoms with E-state index in [0.29, 0.717) is 11.7 Å². The number of rotatable bonds is 3. The molecular weight excluding hydrogens is 208 g/mol. The van der Waals surface area contributed by atoms with Gasteiger partial charge in [-0.05, 0) is 36.7 Å². The summed E-state index contributed by atoms with van der Waals surface area (Å²) in [5.41, 5.74) is 1.30. The highest BCUT2D eigenvalue weighted by Gasteiger charge is 2.29. The molecule has 0 aliphatic heterocycles. The Morgan fingerprint density at radius 1 is 1.24 bits per heavy atom. The second-order valence-corrected chi connectivity index (χ2v) is 5.63. The van der Waals surface area contributed by atoms with Gasteiger partial charge in [-0.2, -0.15) is 0 Å². The standard InChI is InChI=1S/C16H22O/c1-12(2)14-8-9-16(17)15(11-14)10-13-6-4-3-5-7-13/h3-7,12,14-15H,8-11H2,1-2H3. The van der Waals surface area contributed by atoms with E-state index in [9.17, 15) is 4.79 Å². The van der Waals surface area contributed by atoms with E-state index in [-0.39, 0.29) is 5.92 Å². The molecule has 2 atom stereocenters. The first kappa shape index (κ1) is 12.3. The minimum atomic E-state index is 0.263. The SMILES string of the molecule is CC(C)C1CCC(=O)C(Cc2ccccc2)C1. The zero-order valence-electron chi connectivity index (χ0n) is 10.9. The lowest BCUT2D eigenvalue weighted by Crippen LogP contribution is -2.28. The molecule has 1 fully saturated rings. The summed E-state index contributed by atoms with van der Waals surface area (Å²) in [5.74, 6) is 2.19. The Bertz CT molecular complexity index is 366. The molecule has 0 aromatic heterocycles. The van der Waals surface area contributed by atoms with Crippen LogP contribution in [0.25, 0.3) is 0 Å². The van der Waals surface area contributed by atoms with Gasteiger partial charge in [-0.1, -0.05) is 44.2 Å². The fourth-order valence-electron chi connectivity index (χ4n) is 2.85. The third-order valence-corrected chi connectivity index (χ3v) is 4.07. The van der Waals surface area contributed by atoms with Crippen molar-refractivity contribution in [3.05, 3.63) is 35.9 Å². The fourth-order valence-corrected chi connectivity index (χ4v) is 2.85. The first-order valence-electron chi connectivity index (χ1n) is 6.73. The summed E-state index contributed by atoms with van der Waals surface area (Å²) >= 11 is 0. The number of benzene rings is 1. The summed E-state index contributed by atoms with van der Waals surface area (Å²) in [6.07, 6.45) is 3.91. The predicted octanol–water partition coefficient (Wildman–Crippen LogP) is 3.87. The molecule has 1 aromatic rings. The van der Waals surface area contributed by atoms with Gasteiger partial charge in [-0.3, -0.25) is 4.79 Å². The largest absolute Gasteiger partial charge is 0.299 e. The molecule has 1 aromatic carbocycles. The van der Waals surface area contributed by atoms with Crippen molar-refractivity contribution in [3.8, 4) is 0 Å². The average molecular weight is 230 g/mol. The number of Topliss-reactive ketones (excluding diaryl/α,β-unsaturated/α-hetero) is 1. The van der Waals surface area contributed by atoms with Crippen molar-refractivity contribution in [2.45, 2.75) is 39.5 Å². The first-order valence-corrected chi connectivity index (χ1v) is 6.73. The van der Waals surface area contributed by atoms with Crippen LogP contribution >= 0.6 is 0 Å². The van der Waals surface area contributed by atoms with Gasteiger partial charge in [0.2, 0.25) is 0 Å². The summed E-state index contributed by atoms with van der Waals surface area (Å²) in [4.78, 5) is 12.0. The second-order valence-electron chi connectivity index (χ2n) is 5.63.